The Morgan fingerprint density at radius 1 is 1.19 bits per heavy atom. The topological polar surface area (TPSA) is 104 Å². The van der Waals surface area contributed by atoms with E-state index in [1.54, 1.807) is 31.3 Å². The van der Waals surface area contributed by atoms with Gasteiger partial charge in [0, 0.05) is 25.2 Å². The number of nitrogens with one attached hydrogen (secondary N) is 3. The fourth-order valence-corrected chi connectivity index (χ4v) is 1.71. The van der Waals surface area contributed by atoms with Gasteiger partial charge >= 0.3 is 0 Å². The summed E-state index contributed by atoms with van der Waals surface area (Å²) < 4.78 is 0. The standard InChI is InChI=1S/C14H14N4O3/c1-15-13(20)10-4-2-3-9(7-10)8-16-14(21)11-5-6-12(19)18-17-11/h2-7H,8H2,1H3,(H,15,20)(H,16,21)(H,18,19). The summed E-state index contributed by atoms with van der Waals surface area (Å²) in [6.07, 6.45) is 0. The molecule has 21 heavy (non-hydrogen) atoms. The molecule has 1 heterocycles. The van der Waals surface area contributed by atoms with E-state index in [-0.39, 0.29) is 23.7 Å². The van der Waals surface area contributed by atoms with Gasteiger partial charge < -0.3 is 10.6 Å². The Morgan fingerprint density at radius 2 is 2.00 bits per heavy atom. The number of nitrogens with zero attached hydrogens (tertiary/aromatic N) is 1. The highest BCUT2D eigenvalue weighted by Gasteiger charge is 2.08. The van der Waals surface area contributed by atoms with Gasteiger partial charge in [-0.3, -0.25) is 14.4 Å². The van der Waals surface area contributed by atoms with Gasteiger partial charge in [0.2, 0.25) is 0 Å². The Labute approximate surface area is 120 Å². The summed E-state index contributed by atoms with van der Waals surface area (Å²) in [5, 5.41) is 11.0. The van der Waals surface area contributed by atoms with E-state index in [9.17, 15) is 14.4 Å². The molecule has 0 aliphatic rings. The van der Waals surface area contributed by atoms with Gasteiger partial charge in [0.15, 0.2) is 0 Å². The molecule has 0 atom stereocenters. The van der Waals surface area contributed by atoms with Crippen molar-refractivity contribution in [3.05, 3.63) is 63.6 Å². The highest BCUT2D eigenvalue weighted by molar-refractivity contribution is 5.94. The van der Waals surface area contributed by atoms with Crippen molar-refractivity contribution in [1.82, 2.24) is 20.8 Å². The quantitative estimate of drug-likeness (QED) is 0.739. The maximum atomic E-state index is 11.8. The van der Waals surface area contributed by atoms with Crippen LogP contribution < -0.4 is 16.2 Å². The summed E-state index contributed by atoms with van der Waals surface area (Å²) in [4.78, 5) is 34.2. The molecule has 0 fully saturated rings. The third-order valence-corrected chi connectivity index (χ3v) is 2.78. The molecule has 1 aromatic carbocycles. The summed E-state index contributed by atoms with van der Waals surface area (Å²) in [7, 11) is 1.55. The molecule has 3 N–H and O–H groups in total. The van der Waals surface area contributed by atoms with E-state index in [0.29, 0.717) is 5.56 Å². The van der Waals surface area contributed by atoms with Crippen molar-refractivity contribution < 1.29 is 9.59 Å². The third-order valence-electron chi connectivity index (χ3n) is 2.78. The molecular formula is C14H14N4O3. The van der Waals surface area contributed by atoms with Crippen LogP contribution in [0.4, 0.5) is 0 Å². The number of amides is 2. The number of benzene rings is 1. The average Bonchev–Trinajstić information content (AvgIpc) is 2.52. The second-order valence-corrected chi connectivity index (χ2v) is 4.27. The number of rotatable bonds is 4. The maximum Gasteiger partial charge on any atom is 0.271 e. The van der Waals surface area contributed by atoms with Crippen molar-refractivity contribution >= 4 is 11.8 Å². The van der Waals surface area contributed by atoms with Crippen LogP contribution in [0.25, 0.3) is 0 Å². The number of carbonyl (C=O) groups excluding carboxylic acids is 2. The third kappa shape index (κ3) is 3.75. The first-order valence-corrected chi connectivity index (χ1v) is 6.25. The summed E-state index contributed by atoms with van der Waals surface area (Å²) in [6.45, 7) is 0.254. The smallest absolute Gasteiger partial charge is 0.271 e. The first-order chi connectivity index (χ1) is 10.1. The second-order valence-electron chi connectivity index (χ2n) is 4.27. The van der Waals surface area contributed by atoms with Gasteiger partial charge in [-0.05, 0) is 23.8 Å². The second kappa shape index (κ2) is 6.47. The van der Waals surface area contributed by atoms with Gasteiger partial charge in [-0.25, -0.2) is 5.10 Å². The zero-order valence-corrected chi connectivity index (χ0v) is 11.3. The van der Waals surface area contributed by atoms with Crippen LogP contribution in [0, 0.1) is 0 Å². The molecule has 0 radical (unpaired) electrons. The molecule has 1 aromatic heterocycles. The highest BCUT2D eigenvalue weighted by Crippen LogP contribution is 2.05. The zero-order chi connectivity index (χ0) is 15.2. The van der Waals surface area contributed by atoms with E-state index in [1.165, 1.54) is 12.1 Å². The molecule has 0 bridgehead atoms. The molecule has 0 unspecified atom stereocenters. The van der Waals surface area contributed by atoms with Crippen molar-refractivity contribution in [3.8, 4) is 0 Å². The molecule has 0 spiro atoms. The molecule has 7 nitrogen and oxygen atoms in total. The average molecular weight is 286 g/mol. The Hall–Kier alpha value is -2.96. The van der Waals surface area contributed by atoms with E-state index in [2.05, 4.69) is 20.8 Å². The molecule has 2 rings (SSSR count). The van der Waals surface area contributed by atoms with Gasteiger partial charge in [-0.2, -0.15) is 5.10 Å². The van der Waals surface area contributed by atoms with E-state index >= 15 is 0 Å². The van der Waals surface area contributed by atoms with Gasteiger partial charge in [-0.15, -0.1) is 0 Å². The first-order valence-electron chi connectivity index (χ1n) is 6.25. The minimum atomic E-state index is -0.406. The lowest BCUT2D eigenvalue weighted by Crippen LogP contribution is -2.25. The lowest BCUT2D eigenvalue weighted by molar-refractivity contribution is 0.0943. The molecule has 0 saturated carbocycles. The largest absolute Gasteiger partial charge is 0.355 e. The van der Waals surface area contributed by atoms with Gasteiger partial charge in [0.05, 0.1) is 0 Å². The summed E-state index contributed by atoms with van der Waals surface area (Å²) >= 11 is 0. The van der Waals surface area contributed by atoms with Crippen molar-refractivity contribution in [2.45, 2.75) is 6.54 Å². The van der Waals surface area contributed by atoms with Crippen LogP contribution in [0.5, 0.6) is 0 Å². The van der Waals surface area contributed by atoms with Crippen molar-refractivity contribution in [3.63, 3.8) is 0 Å². The normalized spacial score (nSPS) is 9.95. The minimum Gasteiger partial charge on any atom is -0.355 e. The molecular weight excluding hydrogens is 272 g/mol. The predicted molar refractivity (Wildman–Crippen MR) is 75.9 cm³/mol. The van der Waals surface area contributed by atoms with Crippen LogP contribution in [0.2, 0.25) is 0 Å². The van der Waals surface area contributed by atoms with Crippen LogP contribution >= 0.6 is 0 Å². The maximum absolute atomic E-state index is 11.8. The number of aromatic nitrogens is 2. The van der Waals surface area contributed by atoms with Crippen molar-refractivity contribution in [1.29, 1.82) is 0 Å². The van der Waals surface area contributed by atoms with E-state index < -0.39 is 5.91 Å². The SMILES string of the molecule is CNC(=O)c1cccc(CNC(=O)c2ccc(=O)[nH]n2)c1. The molecule has 0 aliphatic heterocycles. The number of aromatic amines is 1. The molecule has 0 saturated heterocycles. The lowest BCUT2D eigenvalue weighted by Gasteiger charge is -2.06. The Kier molecular flexibility index (Phi) is 4.45. The van der Waals surface area contributed by atoms with Crippen LogP contribution in [0.15, 0.2) is 41.2 Å². The fourth-order valence-electron chi connectivity index (χ4n) is 1.71. The number of H-pyrrole nitrogens is 1. The van der Waals surface area contributed by atoms with E-state index in [4.69, 9.17) is 0 Å². The van der Waals surface area contributed by atoms with Gasteiger partial charge in [-0.1, -0.05) is 12.1 Å². The number of hydrogen-bond acceptors (Lipinski definition) is 4. The van der Waals surface area contributed by atoms with E-state index in [0.717, 1.165) is 5.56 Å². The molecule has 2 aromatic rings. The Balaban J connectivity index is 2.02. The number of carbonyl (C=O) groups is 2. The van der Waals surface area contributed by atoms with Gasteiger partial charge in [0.25, 0.3) is 17.4 Å². The Morgan fingerprint density at radius 3 is 2.67 bits per heavy atom. The summed E-state index contributed by atoms with van der Waals surface area (Å²) in [6, 6.07) is 9.49. The first kappa shape index (κ1) is 14.4. The van der Waals surface area contributed by atoms with Crippen LogP contribution in [0.1, 0.15) is 26.4 Å². The summed E-state index contributed by atoms with van der Waals surface area (Å²) in [5.41, 5.74) is 1.06. The van der Waals surface area contributed by atoms with Crippen LogP contribution in [-0.4, -0.2) is 29.1 Å². The molecule has 2 amide bonds. The Bertz CT molecular complexity index is 704. The minimum absolute atomic E-state index is 0.122. The molecule has 0 aliphatic carbocycles. The van der Waals surface area contributed by atoms with Gasteiger partial charge in [0.1, 0.15) is 5.69 Å². The molecule has 7 heteroatoms. The highest BCUT2D eigenvalue weighted by atomic mass is 16.2. The monoisotopic (exact) mass is 286 g/mol. The zero-order valence-electron chi connectivity index (χ0n) is 11.3. The lowest BCUT2D eigenvalue weighted by atomic mass is 10.1. The molecule has 108 valence electrons. The van der Waals surface area contributed by atoms with Crippen molar-refractivity contribution in [2.24, 2.45) is 0 Å². The van der Waals surface area contributed by atoms with E-state index in [1.807, 2.05) is 0 Å². The predicted octanol–water partition coefficient (Wildman–Crippen LogP) is 0.0595. The van der Waals surface area contributed by atoms with Crippen LogP contribution in [0.3, 0.4) is 0 Å². The van der Waals surface area contributed by atoms with Crippen LogP contribution in [-0.2, 0) is 6.54 Å². The summed E-state index contributed by atoms with van der Waals surface area (Å²) in [5.74, 6) is -0.595. The van der Waals surface area contributed by atoms with Crippen molar-refractivity contribution in [2.75, 3.05) is 7.05 Å². The fraction of sp³-hybridized carbons (Fsp3) is 0.143. The number of hydrogen-bond donors (Lipinski definition) is 3.